The van der Waals surface area contributed by atoms with E-state index in [-0.39, 0.29) is 17.9 Å². The Kier molecular flexibility index (Phi) is 5.06. The van der Waals surface area contributed by atoms with Crippen molar-refractivity contribution in [1.29, 1.82) is 0 Å². The molecule has 4 rings (SSSR count). The van der Waals surface area contributed by atoms with E-state index in [1.807, 2.05) is 54.6 Å². The van der Waals surface area contributed by atoms with Crippen LogP contribution in [0.3, 0.4) is 0 Å². The van der Waals surface area contributed by atoms with Crippen LogP contribution in [0.25, 0.3) is 0 Å². The van der Waals surface area contributed by atoms with Crippen molar-refractivity contribution in [2.24, 2.45) is 0 Å². The number of fused-ring (bicyclic) bond motifs is 1. The Morgan fingerprint density at radius 2 is 2.14 bits per heavy atom. The molecule has 0 radical (unpaired) electrons. The maximum Gasteiger partial charge on any atom is 0.255 e. The van der Waals surface area contributed by atoms with Crippen molar-refractivity contribution < 1.29 is 14.3 Å². The van der Waals surface area contributed by atoms with Gasteiger partial charge in [-0.05, 0) is 51.8 Å². The van der Waals surface area contributed by atoms with E-state index >= 15 is 0 Å². The highest BCUT2D eigenvalue weighted by Crippen LogP contribution is 2.32. The molecule has 2 aliphatic heterocycles. The molecular formula is C22H28N4O3. The quantitative estimate of drug-likeness (QED) is 0.865. The number of carbonyl (C=O) groups is 2. The number of ether oxygens (including phenoxy) is 1. The van der Waals surface area contributed by atoms with Crippen LogP contribution in [-0.2, 0) is 4.79 Å². The molecule has 1 fully saturated rings. The van der Waals surface area contributed by atoms with Crippen LogP contribution in [0, 0.1) is 13.8 Å². The van der Waals surface area contributed by atoms with Crippen LogP contribution in [0.1, 0.15) is 54.0 Å². The summed E-state index contributed by atoms with van der Waals surface area (Å²) in [5.41, 5.74) is 1.98. The number of likely N-dealkylation sites (tertiary alicyclic amines) is 1. The van der Waals surface area contributed by atoms with Gasteiger partial charge >= 0.3 is 0 Å². The molecule has 7 nitrogen and oxygen atoms in total. The Morgan fingerprint density at radius 1 is 1.34 bits per heavy atom. The monoisotopic (exact) mass is 396 g/mol. The minimum atomic E-state index is -0.586. The van der Waals surface area contributed by atoms with Crippen molar-refractivity contribution >= 4 is 11.8 Å². The zero-order valence-electron chi connectivity index (χ0n) is 17.3. The first-order valence-corrected chi connectivity index (χ1v) is 10.2. The third kappa shape index (κ3) is 3.86. The Bertz CT molecular complexity index is 938. The number of amides is 2. The van der Waals surface area contributed by atoms with Gasteiger partial charge in [-0.2, -0.15) is 5.10 Å². The summed E-state index contributed by atoms with van der Waals surface area (Å²) in [7, 11) is 0. The topological polar surface area (TPSA) is 76.5 Å². The van der Waals surface area contributed by atoms with E-state index in [4.69, 9.17) is 4.74 Å². The van der Waals surface area contributed by atoms with Crippen molar-refractivity contribution in [3.63, 3.8) is 0 Å². The molecule has 29 heavy (non-hydrogen) atoms. The average Bonchev–Trinajstić information content (AvgIpc) is 2.98. The molecule has 1 aromatic heterocycles. The Morgan fingerprint density at radius 3 is 2.90 bits per heavy atom. The van der Waals surface area contributed by atoms with E-state index in [0.717, 1.165) is 24.2 Å². The third-order valence-electron chi connectivity index (χ3n) is 5.85. The minimum Gasteiger partial charge on any atom is -0.483 e. The van der Waals surface area contributed by atoms with Crippen molar-refractivity contribution in [3.8, 4) is 5.75 Å². The molecule has 3 heterocycles. The number of hydrogen-bond acceptors (Lipinski definition) is 4. The molecule has 1 aromatic carbocycles. The molecule has 0 saturated carbocycles. The summed E-state index contributed by atoms with van der Waals surface area (Å²) in [6.45, 7) is 7.58. The van der Waals surface area contributed by atoms with Gasteiger partial charge in [-0.15, -0.1) is 0 Å². The first kappa shape index (κ1) is 19.5. The van der Waals surface area contributed by atoms with Gasteiger partial charge in [0.1, 0.15) is 11.4 Å². The lowest BCUT2D eigenvalue weighted by molar-refractivity contribution is -0.137. The van der Waals surface area contributed by atoms with Crippen molar-refractivity contribution in [2.75, 3.05) is 19.6 Å². The van der Waals surface area contributed by atoms with Crippen LogP contribution in [0.15, 0.2) is 30.3 Å². The molecule has 7 heteroatoms. The van der Waals surface area contributed by atoms with Crippen LogP contribution < -0.4 is 10.1 Å². The molecule has 1 spiro atoms. The lowest BCUT2D eigenvalue weighted by atomic mass is 9.92. The molecule has 154 valence electrons. The molecule has 1 N–H and O–H groups in total. The summed E-state index contributed by atoms with van der Waals surface area (Å²) in [6.07, 6.45) is 2.04. The van der Waals surface area contributed by atoms with E-state index in [1.54, 1.807) is 6.07 Å². The zero-order chi connectivity index (χ0) is 20.6. The summed E-state index contributed by atoms with van der Waals surface area (Å²) in [4.78, 5) is 27.3. The first-order chi connectivity index (χ1) is 13.9. The van der Waals surface area contributed by atoms with Crippen LogP contribution in [0.4, 0.5) is 0 Å². The Balaban J connectivity index is 1.48. The smallest absolute Gasteiger partial charge is 0.255 e. The van der Waals surface area contributed by atoms with Crippen molar-refractivity contribution in [3.05, 3.63) is 47.3 Å². The first-order valence-electron chi connectivity index (χ1n) is 10.2. The van der Waals surface area contributed by atoms with Gasteiger partial charge < -0.3 is 15.0 Å². The normalized spacial score (nSPS) is 22.4. The number of nitrogens with one attached hydrogen (secondary N) is 1. The van der Waals surface area contributed by atoms with E-state index in [2.05, 4.69) is 10.4 Å². The second kappa shape index (κ2) is 7.54. The van der Waals surface area contributed by atoms with E-state index in [1.165, 1.54) is 0 Å². The maximum atomic E-state index is 13.1. The van der Waals surface area contributed by atoms with E-state index < -0.39 is 5.60 Å². The van der Waals surface area contributed by atoms with Crippen LogP contribution in [-0.4, -0.2) is 51.7 Å². The lowest BCUT2D eigenvalue weighted by Crippen LogP contribution is -2.58. The number of rotatable bonds is 3. The van der Waals surface area contributed by atoms with Gasteiger partial charge in [-0.3, -0.25) is 14.3 Å². The number of piperidine rings is 1. The predicted octanol–water partition coefficient (Wildman–Crippen LogP) is 2.63. The van der Waals surface area contributed by atoms with Crippen LogP contribution >= 0.6 is 0 Å². The molecule has 2 amide bonds. The number of para-hydroxylation sites is 1. The molecule has 0 bridgehead atoms. The van der Waals surface area contributed by atoms with Gasteiger partial charge in [-0.1, -0.05) is 12.1 Å². The summed E-state index contributed by atoms with van der Waals surface area (Å²) >= 11 is 0. The van der Waals surface area contributed by atoms with Crippen molar-refractivity contribution in [1.82, 2.24) is 20.0 Å². The molecule has 2 atom stereocenters. The number of hydrogen-bond donors (Lipinski definition) is 1. The van der Waals surface area contributed by atoms with E-state index in [9.17, 15) is 9.59 Å². The second-order valence-corrected chi connectivity index (χ2v) is 8.31. The van der Waals surface area contributed by atoms with Gasteiger partial charge in [0.25, 0.3) is 5.91 Å². The number of aryl methyl sites for hydroxylation is 2. The number of aromatic nitrogens is 2. The highest BCUT2D eigenvalue weighted by molar-refractivity contribution is 5.97. The van der Waals surface area contributed by atoms with Gasteiger partial charge in [0.2, 0.25) is 5.91 Å². The fourth-order valence-corrected chi connectivity index (χ4v) is 4.45. The Labute approximate surface area is 171 Å². The SMILES string of the molecule is Cc1cc(C)n(C(C)CC(=O)N2CCCC3(CNC(=O)c4ccccc4O3)C2)n1. The predicted molar refractivity (Wildman–Crippen MR) is 109 cm³/mol. The summed E-state index contributed by atoms with van der Waals surface area (Å²) in [6, 6.07) is 9.31. The molecule has 1 saturated heterocycles. The molecule has 2 unspecified atom stereocenters. The average molecular weight is 396 g/mol. The van der Waals surface area contributed by atoms with Gasteiger partial charge in [0.05, 0.1) is 30.4 Å². The third-order valence-corrected chi connectivity index (χ3v) is 5.85. The number of carbonyl (C=O) groups excluding carboxylic acids is 2. The Hall–Kier alpha value is -2.83. The van der Waals surface area contributed by atoms with Gasteiger partial charge in [0.15, 0.2) is 0 Å². The van der Waals surface area contributed by atoms with Gasteiger partial charge in [-0.25, -0.2) is 0 Å². The summed E-state index contributed by atoms with van der Waals surface area (Å²) in [5.74, 6) is 0.559. The zero-order valence-corrected chi connectivity index (χ0v) is 17.3. The lowest BCUT2D eigenvalue weighted by Gasteiger charge is -2.42. The molecule has 2 aromatic rings. The molecule has 2 aliphatic rings. The fourth-order valence-electron chi connectivity index (χ4n) is 4.45. The highest BCUT2D eigenvalue weighted by Gasteiger charge is 2.42. The van der Waals surface area contributed by atoms with Crippen LogP contribution in [0.2, 0.25) is 0 Å². The molecule has 0 aliphatic carbocycles. The standard InChI is InChI=1S/C22H28N4O3/c1-15-11-16(2)26(24-15)17(3)12-20(27)25-10-6-9-22(14-25)13-23-21(28)18-7-4-5-8-19(18)29-22/h4-5,7-8,11,17H,6,9-10,12-14H2,1-3H3,(H,23,28). The highest BCUT2D eigenvalue weighted by atomic mass is 16.5. The van der Waals surface area contributed by atoms with Gasteiger partial charge in [0, 0.05) is 18.7 Å². The maximum absolute atomic E-state index is 13.1. The van der Waals surface area contributed by atoms with Crippen LogP contribution in [0.5, 0.6) is 5.75 Å². The van der Waals surface area contributed by atoms with E-state index in [0.29, 0.717) is 37.4 Å². The summed E-state index contributed by atoms with van der Waals surface area (Å²) in [5, 5.41) is 7.49. The number of nitrogens with zero attached hydrogens (tertiary/aromatic N) is 3. The van der Waals surface area contributed by atoms with Crippen molar-refractivity contribution in [2.45, 2.75) is 51.7 Å². The number of benzene rings is 1. The molecular weight excluding hydrogens is 368 g/mol. The largest absolute Gasteiger partial charge is 0.483 e. The fraction of sp³-hybridized carbons (Fsp3) is 0.500. The summed E-state index contributed by atoms with van der Waals surface area (Å²) < 4.78 is 8.28. The minimum absolute atomic E-state index is 0.00967. The second-order valence-electron chi connectivity index (χ2n) is 8.31.